The van der Waals surface area contributed by atoms with Gasteiger partial charge in [-0.3, -0.25) is 14.4 Å². The maximum atomic E-state index is 11.4. The molecule has 0 fully saturated rings. The Balaban J connectivity index is -0.000000122. The van der Waals surface area contributed by atoms with Crippen molar-refractivity contribution in [1.29, 1.82) is 0 Å². The second-order valence-electron chi connectivity index (χ2n) is 44.7. The maximum absolute atomic E-state index is 11.4. The van der Waals surface area contributed by atoms with Gasteiger partial charge in [0.2, 0.25) is 18.2 Å². The number of aromatic hydroxyl groups is 3. The monoisotopic (exact) mass is 1840 g/mol. The number of hydrogen-bond acceptors (Lipinski definition) is 12. The van der Waals surface area contributed by atoms with Crippen LogP contribution < -0.4 is 50.4 Å². The average molecular weight is 1840 g/mol. The van der Waals surface area contributed by atoms with E-state index >= 15 is 0 Å². The molecule has 0 aliphatic rings. The topological polar surface area (TPSA) is 320 Å². The van der Waals surface area contributed by atoms with Gasteiger partial charge in [-0.05, 0) is 185 Å². The zero-order valence-electron chi connectivity index (χ0n) is 84.0. The first kappa shape index (κ1) is 149. The van der Waals surface area contributed by atoms with Gasteiger partial charge in [0.1, 0.15) is 17.2 Å². The number of carbonyl (C=O) groups excluding carboxylic acids is 3. The number of rotatable bonds is 23. The van der Waals surface area contributed by atoms with Crippen LogP contribution in [0, 0.1) is 54.1 Å². The predicted molar refractivity (Wildman–Crippen MR) is 587 cm³/mol. The molecule has 18 nitrogen and oxygen atoms in total. The van der Waals surface area contributed by atoms with Crippen LogP contribution in [0.4, 0.5) is 0 Å². The second kappa shape index (κ2) is 68.2. The number of amides is 3. The zero-order chi connectivity index (χ0) is 95.6. The summed E-state index contributed by atoms with van der Waals surface area (Å²) < 4.78 is 1.01. The summed E-state index contributed by atoms with van der Waals surface area (Å²) in [6.07, 6.45) is 7.42. The van der Waals surface area contributed by atoms with Crippen LogP contribution in [0.5, 0.6) is 17.2 Å². The Morgan fingerprint density at radius 3 is 0.924 bits per heavy atom. The van der Waals surface area contributed by atoms with Crippen LogP contribution in [0.3, 0.4) is 0 Å². The summed E-state index contributed by atoms with van der Waals surface area (Å²) in [4.78, 5) is 39.0. The molecule has 766 valence electrons. The van der Waals surface area contributed by atoms with Crippen LogP contribution in [0.25, 0.3) is 0 Å². The van der Waals surface area contributed by atoms with Gasteiger partial charge in [-0.1, -0.05) is 402 Å². The number of nitrogens with two attached hydrogens (primary N) is 6. The number of aliphatic imine (C=N–C) groups is 1. The predicted octanol–water partition coefficient (Wildman–Crippen LogP) is 25.4. The Hall–Kier alpha value is -7.84. The van der Waals surface area contributed by atoms with Crippen LogP contribution in [0.1, 0.15) is 328 Å². The molecule has 0 aliphatic carbocycles. The lowest BCUT2D eigenvalue weighted by atomic mass is 9.71. The molecule has 18 heteroatoms. The number of primary amides is 1. The Kier molecular flexibility index (Phi) is 77.4. The SMILES string of the molecule is C.C.C.C.C.C.C.C.C.CC(C)(C)C(C)(C)C.CC(C)(C)C(Cc1ccc(O)cc1)N=C(N)N.CC(C)(C)C(Cc1ccc(O)cc1)NC(=O)CN.CC(C)(C)C(Cc1ccc(O)cc1)NC=O.CC(C)(C)C(Cc1ccccc1)[N+](C)(C)C.CC(C)(C)C(N)CCC(N)=O.CC(N)C(C)(C)C.CN(C)C(Cc1ccccc1)C(C)(C)C.CNC(Cc1ccccc1)C(C)(C)C. The van der Waals surface area contributed by atoms with Crippen LogP contribution >= 0.6 is 0 Å². The molecule has 0 aromatic heterocycles. The lowest BCUT2D eigenvalue weighted by Crippen LogP contribution is -2.53. The fourth-order valence-electron chi connectivity index (χ4n) is 11.9. The van der Waals surface area contributed by atoms with Crippen molar-refractivity contribution in [1.82, 2.24) is 20.9 Å². The summed E-state index contributed by atoms with van der Waals surface area (Å²) in [6, 6.07) is 55.6. The summed E-state index contributed by atoms with van der Waals surface area (Å²) in [6.45, 7) is 67.8. The van der Waals surface area contributed by atoms with Gasteiger partial charge in [0.25, 0.3) is 0 Å². The third-order valence-corrected chi connectivity index (χ3v) is 22.5. The summed E-state index contributed by atoms with van der Waals surface area (Å²) >= 11 is 0. The molecule has 0 saturated carbocycles. The molecule has 8 atom stereocenters. The van der Waals surface area contributed by atoms with E-state index < -0.39 is 0 Å². The number of hydrogen-bond donors (Lipinski definition) is 12. The van der Waals surface area contributed by atoms with Gasteiger partial charge in [0.05, 0.1) is 39.8 Å². The van der Waals surface area contributed by atoms with Gasteiger partial charge in [-0.25, -0.2) is 4.99 Å². The van der Waals surface area contributed by atoms with E-state index in [0.717, 1.165) is 66.1 Å². The molecule has 18 N–H and O–H groups in total. The van der Waals surface area contributed by atoms with Crippen molar-refractivity contribution < 1.29 is 34.2 Å². The lowest BCUT2D eigenvalue weighted by Gasteiger charge is -2.42. The minimum absolute atomic E-state index is 0. The van der Waals surface area contributed by atoms with E-state index in [-0.39, 0.29) is 160 Å². The first-order chi connectivity index (χ1) is 55.2. The van der Waals surface area contributed by atoms with Gasteiger partial charge in [-0.2, -0.15) is 0 Å². The van der Waals surface area contributed by atoms with Crippen LogP contribution in [-0.4, -0.2) is 146 Å². The van der Waals surface area contributed by atoms with Crippen molar-refractivity contribution in [3.63, 3.8) is 0 Å². The standard InChI is InChI=1S/C15H26N.C14H22N2O2.C14H23N.C13H21N3O.C13H19NO2.C13H21N.C8H18N2O.C8H18.C6H15N.9CH4/c1-15(2,3)14(16(4,5)6)12-13-10-8-7-9-11-13;1-14(2,3)12(16-13(18)9-15)8-10-4-6-11(17)7-5-10;1-14(2,3)13(15(4)5)11-12-9-7-6-8-10-12;1-13(2,3)11(16-12(14)15)8-9-4-6-10(17)7-5-9;1-13(2,3)12(14-9-15)8-10-4-6-11(16)7-5-10;1-13(2,3)12(14-4)10-11-8-6-5-7-9-11;1-8(2,3)6(9)4-5-7(10)11;1-7(2,3)8(4,5)6;1-5(7)6(2,3)4;;;;;;;;;/h7-11,14H,12H2,1-6H3;4-7,12,17H,8-9,15H2,1-3H3,(H,16,18);6-10,13H,11H2,1-5H3;4-7,11,17H,8H2,1-3H3,(H4,14,15,16);4-7,9,12,16H,8H2,1-3H3,(H,14,15);5-9,12,14H,10H2,1-4H3;6H,4-5,9H2,1-3H3,(H2,10,11);1-6H3;5H,7H2,1-4H3;9*1H4/q+1;;;;;;;;;;;;;;;;;. The fraction of sp³-hybridized carbons (Fsp3) is 0.646. The maximum Gasteiger partial charge on any atom is 0.233 e. The smallest absolute Gasteiger partial charge is 0.233 e. The molecule has 0 saturated heterocycles. The van der Waals surface area contributed by atoms with Crippen molar-refractivity contribution in [2.24, 2.45) is 93.5 Å². The Morgan fingerprint density at radius 2 is 0.695 bits per heavy atom. The van der Waals surface area contributed by atoms with Crippen LogP contribution in [0.15, 0.2) is 169 Å². The quantitative estimate of drug-likeness (QED) is 0.0123. The Labute approximate surface area is 812 Å². The molecule has 8 unspecified atom stereocenters. The number of phenolic OH excluding ortho intramolecular Hbond substituents is 3. The highest BCUT2D eigenvalue weighted by Gasteiger charge is 2.36. The van der Waals surface area contributed by atoms with Gasteiger partial charge in [-0.15, -0.1) is 0 Å². The third kappa shape index (κ3) is 71.4. The first-order valence-electron chi connectivity index (χ1n) is 43.9. The van der Waals surface area contributed by atoms with Crippen molar-refractivity contribution in [3.05, 3.63) is 197 Å². The number of benzene rings is 6. The summed E-state index contributed by atoms with van der Waals surface area (Å²) in [5.74, 6) is 0.474. The van der Waals surface area contributed by atoms with Crippen LogP contribution in [0.2, 0.25) is 0 Å². The molecular formula is C113H219N12O6+. The number of nitrogens with zero attached hydrogens (tertiary/aromatic N) is 3. The van der Waals surface area contributed by atoms with E-state index in [1.807, 2.05) is 50.4 Å². The van der Waals surface area contributed by atoms with Crippen molar-refractivity contribution in [3.8, 4) is 17.2 Å². The zero-order valence-corrected chi connectivity index (χ0v) is 84.0. The fourth-order valence-corrected chi connectivity index (χ4v) is 11.9. The second-order valence-corrected chi connectivity index (χ2v) is 44.7. The summed E-state index contributed by atoms with van der Waals surface area (Å²) in [7, 11) is 13.2. The van der Waals surface area contributed by atoms with Gasteiger partial charge in [0, 0.05) is 54.5 Å². The number of quaternary nitrogens is 1. The first-order valence-corrected chi connectivity index (χ1v) is 43.9. The highest BCUT2D eigenvalue weighted by Crippen LogP contribution is 2.37. The van der Waals surface area contributed by atoms with E-state index in [0.29, 0.717) is 64.1 Å². The number of nitrogens with one attached hydrogen (secondary N) is 3. The molecule has 0 radical (unpaired) electrons. The molecule has 0 aliphatic heterocycles. The largest absolute Gasteiger partial charge is 0.508 e. The highest BCUT2D eigenvalue weighted by molar-refractivity contribution is 5.78. The number of likely N-dealkylation sites (N-methyl/N-ethyl adjacent to an activating group) is 3. The van der Waals surface area contributed by atoms with E-state index in [9.17, 15) is 29.7 Å². The lowest BCUT2D eigenvalue weighted by molar-refractivity contribution is -0.903. The minimum atomic E-state index is -0.273. The molecular weight excluding hydrogens is 1620 g/mol. The van der Waals surface area contributed by atoms with Crippen molar-refractivity contribution in [2.45, 2.75) is 381 Å². The van der Waals surface area contributed by atoms with Crippen LogP contribution in [-0.2, 0) is 52.9 Å². The van der Waals surface area contributed by atoms with E-state index in [2.05, 4.69) is 360 Å². The molecule has 6 aromatic rings. The van der Waals surface area contributed by atoms with Gasteiger partial charge < -0.3 is 75.1 Å². The molecule has 131 heavy (non-hydrogen) atoms. The Morgan fingerprint density at radius 1 is 0.405 bits per heavy atom. The highest BCUT2D eigenvalue weighted by atomic mass is 16.3. The van der Waals surface area contributed by atoms with E-state index in [1.54, 1.807) is 36.4 Å². The molecule has 0 bridgehead atoms. The summed E-state index contributed by atoms with van der Waals surface area (Å²) in [5, 5.41) is 36.8. The van der Waals surface area contributed by atoms with Crippen molar-refractivity contribution in [2.75, 3.05) is 48.8 Å². The number of phenols is 3. The molecule has 3 amide bonds. The number of carbonyl (C=O) groups is 3. The average Bonchev–Trinajstić information content (AvgIpc) is 0.819. The molecule has 0 heterocycles. The van der Waals surface area contributed by atoms with E-state index in [4.69, 9.17) is 34.4 Å². The van der Waals surface area contributed by atoms with E-state index in [1.165, 1.54) is 16.7 Å². The van der Waals surface area contributed by atoms with Gasteiger partial charge >= 0.3 is 0 Å². The normalized spacial score (nSPS) is 13.0. The minimum Gasteiger partial charge on any atom is -0.508 e. The molecule has 6 rings (SSSR count). The Bertz CT molecular complexity index is 3730. The molecule has 6 aromatic carbocycles. The summed E-state index contributed by atoms with van der Waals surface area (Å²) in [5.41, 5.74) is 42.3. The number of guanidine groups is 1. The van der Waals surface area contributed by atoms with Gasteiger partial charge in [0.15, 0.2) is 5.96 Å². The third-order valence-electron chi connectivity index (χ3n) is 22.5. The van der Waals surface area contributed by atoms with Crippen molar-refractivity contribution >= 4 is 24.2 Å². The molecule has 0 spiro atoms.